The second-order valence-corrected chi connectivity index (χ2v) is 6.80. The number of benzene rings is 1. The molecule has 0 spiro atoms. The molecule has 0 radical (unpaired) electrons. The average molecular weight is 301 g/mol. The zero-order chi connectivity index (χ0) is 10.6. The highest BCUT2D eigenvalue weighted by molar-refractivity contribution is 14.1. The van der Waals surface area contributed by atoms with Crippen LogP contribution in [-0.4, -0.2) is 12.6 Å². The molecule has 0 aromatic heterocycles. The van der Waals surface area contributed by atoms with E-state index >= 15 is 0 Å². The SMILES string of the molecule is CN1c2ccccc2C(C)(I)C1(C)C. The van der Waals surface area contributed by atoms with Crippen LogP contribution in [0.5, 0.6) is 0 Å². The molecular weight excluding hydrogens is 285 g/mol. The number of nitrogens with zero attached hydrogens (tertiary/aromatic N) is 1. The van der Waals surface area contributed by atoms with Crippen molar-refractivity contribution in [3.05, 3.63) is 29.8 Å². The standard InChI is InChI=1S/C12H16IN/c1-11(2)12(3,13)9-7-5-6-8-10(9)14(11)4/h5-8H,1-4H3. The van der Waals surface area contributed by atoms with Crippen LogP contribution in [0.4, 0.5) is 5.69 Å². The molecule has 76 valence electrons. The molecular formula is C12H16IN. The number of halogens is 1. The third kappa shape index (κ3) is 1.06. The van der Waals surface area contributed by atoms with Gasteiger partial charge in [0.1, 0.15) is 0 Å². The van der Waals surface area contributed by atoms with Crippen LogP contribution in [-0.2, 0) is 3.42 Å². The Balaban J connectivity index is 2.68. The van der Waals surface area contributed by atoms with Crippen molar-refractivity contribution in [3.63, 3.8) is 0 Å². The molecule has 0 amide bonds. The van der Waals surface area contributed by atoms with Crippen molar-refractivity contribution >= 4 is 28.3 Å². The molecule has 1 heterocycles. The van der Waals surface area contributed by atoms with E-state index in [-0.39, 0.29) is 8.96 Å². The number of alkyl halides is 1. The molecule has 0 N–H and O–H groups in total. The molecule has 1 unspecified atom stereocenters. The van der Waals surface area contributed by atoms with Gasteiger partial charge in [0.05, 0.1) is 8.96 Å². The molecule has 2 rings (SSSR count). The van der Waals surface area contributed by atoms with Crippen LogP contribution in [0, 0.1) is 0 Å². The molecule has 2 heteroatoms. The average Bonchev–Trinajstić information content (AvgIpc) is 2.27. The summed E-state index contributed by atoms with van der Waals surface area (Å²) in [5, 5.41) is 0. The number of hydrogen-bond acceptors (Lipinski definition) is 1. The van der Waals surface area contributed by atoms with Crippen molar-refractivity contribution in [1.82, 2.24) is 0 Å². The molecule has 0 saturated carbocycles. The Morgan fingerprint density at radius 2 is 1.71 bits per heavy atom. The Bertz CT molecular complexity index is 368. The third-order valence-electron chi connectivity index (χ3n) is 3.76. The minimum atomic E-state index is 0.178. The first-order valence-corrected chi connectivity index (χ1v) is 5.99. The Morgan fingerprint density at radius 3 is 2.29 bits per heavy atom. The summed E-state index contributed by atoms with van der Waals surface area (Å²) in [6.07, 6.45) is 0. The molecule has 0 aliphatic carbocycles. The highest BCUT2D eigenvalue weighted by atomic mass is 127. The van der Waals surface area contributed by atoms with Gasteiger partial charge in [0.2, 0.25) is 0 Å². The molecule has 1 aliphatic rings. The second kappa shape index (κ2) is 2.87. The predicted octanol–water partition coefficient (Wildman–Crippen LogP) is 3.57. The smallest absolute Gasteiger partial charge is 0.0688 e. The maximum absolute atomic E-state index is 2.57. The van der Waals surface area contributed by atoms with Gasteiger partial charge in [-0.25, -0.2) is 0 Å². The fourth-order valence-electron chi connectivity index (χ4n) is 2.11. The Labute approximate surface area is 99.6 Å². The Kier molecular flexibility index (Phi) is 2.11. The number of hydrogen-bond donors (Lipinski definition) is 0. The van der Waals surface area contributed by atoms with Gasteiger partial charge in [-0.1, -0.05) is 40.8 Å². The second-order valence-electron chi connectivity index (χ2n) is 4.64. The topological polar surface area (TPSA) is 3.24 Å². The van der Waals surface area contributed by atoms with Crippen molar-refractivity contribution in [3.8, 4) is 0 Å². The van der Waals surface area contributed by atoms with Gasteiger partial charge in [0, 0.05) is 12.7 Å². The van der Waals surface area contributed by atoms with Gasteiger partial charge in [0.25, 0.3) is 0 Å². The number of para-hydroxylation sites is 1. The zero-order valence-corrected chi connectivity index (χ0v) is 11.3. The number of fused-ring (bicyclic) bond motifs is 1. The summed E-state index contributed by atoms with van der Waals surface area (Å²) in [6, 6.07) is 8.70. The van der Waals surface area contributed by atoms with E-state index in [1.54, 1.807) is 0 Å². The van der Waals surface area contributed by atoms with Crippen molar-refractivity contribution in [2.75, 3.05) is 11.9 Å². The molecule has 1 aliphatic heterocycles. The van der Waals surface area contributed by atoms with Crippen LogP contribution in [0.15, 0.2) is 24.3 Å². The highest BCUT2D eigenvalue weighted by Crippen LogP contribution is 2.54. The normalized spacial score (nSPS) is 29.1. The van der Waals surface area contributed by atoms with Gasteiger partial charge in [-0.2, -0.15) is 0 Å². The predicted molar refractivity (Wildman–Crippen MR) is 70.3 cm³/mol. The van der Waals surface area contributed by atoms with Gasteiger partial charge >= 0.3 is 0 Å². The molecule has 0 fully saturated rings. The van der Waals surface area contributed by atoms with E-state index in [1.165, 1.54) is 11.3 Å². The quantitative estimate of drug-likeness (QED) is 0.523. The highest BCUT2D eigenvalue weighted by Gasteiger charge is 2.50. The first-order chi connectivity index (χ1) is 6.39. The van der Waals surface area contributed by atoms with Gasteiger partial charge in [-0.15, -0.1) is 0 Å². The minimum absolute atomic E-state index is 0.178. The van der Waals surface area contributed by atoms with Crippen LogP contribution >= 0.6 is 22.6 Å². The van der Waals surface area contributed by atoms with E-state index in [0.29, 0.717) is 0 Å². The lowest BCUT2D eigenvalue weighted by molar-refractivity contribution is 0.427. The van der Waals surface area contributed by atoms with Crippen LogP contribution in [0.3, 0.4) is 0 Å². The van der Waals surface area contributed by atoms with Crippen LogP contribution in [0.2, 0.25) is 0 Å². The lowest BCUT2D eigenvalue weighted by Crippen LogP contribution is -2.47. The monoisotopic (exact) mass is 301 g/mol. The van der Waals surface area contributed by atoms with Crippen molar-refractivity contribution < 1.29 is 0 Å². The van der Waals surface area contributed by atoms with Crippen molar-refractivity contribution in [1.29, 1.82) is 0 Å². The summed E-state index contributed by atoms with van der Waals surface area (Å²) in [4.78, 5) is 2.38. The van der Waals surface area contributed by atoms with Gasteiger partial charge < -0.3 is 4.90 Å². The molecule has 1 aromatic rings. The van der Waals surface area contributed by atoms with E-state index in [1.807, 2.05) is 0 Å². The minimum Gasteiger partial charge on any atom is -0.368 e. The lowest BCUT2D eigenvalue weighted by atomic mass is 9.87. The summed E-state index contributed by atoms with van der Waals surface area (Å²) in [7, 11) is 2.18. The van der Waals surface area contributed by atoms with Gasteiger partial charge in [-0.3, -0.25) is 0 Å². The lowest BCUT2D eigenvalue weighted by Gasteiger charge is -2.39. The van der Waals surface area contributed by atoms with E-state index < -0.39 is 0 Å². The molecule has 1 nitrogen and oxygen atoms in total. The molecule has 0 bridgehead atoms. The molecule has 1 atom stereocenters. The van der Waals surface area contributed by atoms with Gasteiger partial charge in [-0.05, 0) is 32.4 Å². The zero-order valence-electron chi connectivity index (χ0n) is 9.13. The number of anilines is 1. The summed E-state index contributed by atoms with van der Waals surface area (Å²) >= 11 is 2.57. The number of likely N-dealkylation sites (N-methyl/N-ethyl adjacent to an activating group) is 1. The van der Waals surface area contributed by atoms with E-state index in [2.05, 4.69) is 79.6 Å². The van der Waals surface area contributed by atoms with Crippen LogP contribution in [0.25, 0.3) is 0 Å². The van der Waals surface area contributed by atoms with Crippen molar-refractivity contribution in [2.45, 2.75) is 29.7 Å². The van der Waals surface area contributed by atoms with Crippen molar-refractivity contribution in [2.24, 2.45) is 0 Å². The van der Waals surface area contributed by atoms with E-state index in [9.17, 15) is 0 Å². The van der Waals surface area contributed by atoms with Crippen LogP contribution < -0.4 is 4.90 Å². The molecule has 14 heavy (non-hydrogen) atoms. The first-order valence-electron chi connectivity index (χ1n) is 4.91. The van der Waals surface area contributed by atoms with Gasteiger partial charge in [0.15, 0.2) is 0 Å². The number of rotatable bonds is 0. The summed E-state index contributed by atoms with van der Waals surface area (Å²) < 4.78 is 0.191. The fraction of sp³-hybridized carbons (Fsp3) is 0.500. The maximum Gasteiger partial charge on any atom is 0.0688 e. The summed E-state index contributed by atoms with van der Waals surface area (Å²) in [5.41, 5.74) is 3.00. The fourth-order valence-corrected chi connectivity index (χ4v) is 2.93. The Hall–Kier alpha value is -0.250. The van der Waals surface area contributed by atoms with E-state index in [4.69, 9.17) is 0 Å². The largest absolute Gasteiger partial charge is 0.368 e. The Morgan fingerprint density at radius 1 is 1.14 bits per heavy atom. The maximum atomic E-state index is 2.57. The van der Waals surface area contributed by atoms with E-state index in [0.717, 1.165) is 0 Å². The summed E-state index contributed by atoms with van der Waals surface area (Å²) in [6.45, 7) is 6.93. The summed E-state index contributed by atoms with van der Waals surface area (Å²) in [5.74, 6) is 0. The third-order valence-corrected chi connectivity index (χ3v) is 5.66. The molecule has 0 saturated heterocycles. The molecule has 1 aromatic carbocycles. The van der Waals surface area contributed by atoms with Crippen LogP contribution in [0.1, 0.15) is 26.3 Å². The first kappa shape index (κ1) is 10.3.